The van der Waals surface area contributed by atoms with Gasteiger partial charge < -0.3 is 14.2 Å². The van der Waals surface area contributed by atoms with E-state index in [9.17, 15) is 14.4 Å². The Labute approximate surface area is 520 Å². The smallest absolute Gasteiger partial charge is 0.306 e. The summed E-state index contributed by atoms with van der Waals surface area (Å²) >= 11 is 0. The van der Waals surface area contributed by atoms with E-state index >= 15 is 0 Å². The predicted molar refractivity (Wildman–Crippen MR) is 363 cm³/mol. The maximum absolute atomic E-state index is 13.0. The summed E-state index contributed by atoms with van der Waals surface area (Å²) in [5.41, 5.74) is 0. The van der Waals surface area contributed by atoms with Crippen molar-refractivity contribution in [2.24, 2.45) is 0 Å². The van der Waals surface area contributed by atoms with Gasteiger partial charge in [-0.15, -0.1) is 0 Å². The Balaban J connectivity index is 4.26. The maximum atomic E-state index is 13.0. The molecule has 0 saturated heterocycles. The van der Waals surface area contributed by atoms with Crippen LogP contribution in [0.1, 0.15) is 457 Å². The quantitative estimate of drug-likeness (QED) is 0.0343. The van der Waals surface area contributed by atoms with E-state index in [0.29, 0.717) is 19.3 Å². The highest BCUT2D eigenvalue weighted by Gasteiger charge is 2.20. The molecule has 0 spiro atoms. The molecular formula is C77H150O6. The molecule has 1 atom stereocenters. The van der Waals surface area contributed by atoms with Gasteiger partial charge in [0.1, 0.15) is 13.2 Å². The molecule has 83 heavy (non-hydrogen) atoms. The van der Waals surface area contributed by atoms with Gasteiger partial charge in [-0.25, -0.2) is 0 Å². The summed E-state index contributed by atoms with van der Waals surface area (Å²) in [6.45, 7) is 6.77. The number of esters is 3. The van der Waals surface area contributed by atoms with Crippen molar-refractivity contribution in [1.29, 1.82) is 0 Å². The molecule has 0 aromatic carbocycles. The summed E-state index contributed by atoms with van der Waals surface area (Å²) in [4.78, 5) is 38.6. The molecule has 0 aliphatic rings. The number of ether oxygens (including phenoxy) is 3. The van der Waals surface area contributed by atoms with Gasteiger partial charge in [-0.3, -0.25) is 14.4 Å². The average Bonchev–Trinajstić information content (AvgIpc) is 3.49. The first-order chi connectivity index (χ1) is 41.0. The van der Waals surface area contributed by atoms with Crippen LogP contribution < -0.4 is 0 Å². The van der Waals surface area contributed by atoms with Gasteiger partial charge in [0.25, 0.3) is 0 Å². The van der Waals surface area contributed by atoms with Crippen molar-refractivity contribution in [3.05, 3.63) is 0 Å². The summed E-state index contributed by atoms with van der Waals surface area (Å²) in [7, 11) is 0. The third-order valence-corrected chi connectivity index (χ3v) is 18.1. The van der Waals surface area contributed by atoms with Crippen LogP contribution in [0.5, 0.6) is 0 Å². The van der Waals surface area contributed by atoms with E-state index in [4.69, 9.17) is 14.2 Å². The fraction of sp³-hybridized carbons (Fsp3) is 0.961. The van der Waals surface area contributed by atoms with E-state index in [0.717, 1.165) is 57.8 Å². The molecule has 0 saturated carbocycles. The summed E-state index contributed by atoms with van der Waals surface area (Å²) in [5, 5.41) is 0. The number of rotatable bonds is 73. The van der Waals surface area contributed by atoms with Gasteiger partial charge in [-0.05, 0) is 19.3 Å². The topological polar surface area (TPSA) is 78.9 Å². The Hall–Kier alpha value is -1.59. The van der Waals surface area contributed by atoms with Crippen molar-refractivity contribution >= 4 is 17.9 Å². The van der Waals surface area contributed by atoms with Crippen LogP contribution in [0, 0.1) is 0 Å². The molecule has 6 heteroatoms. The van der Waals surface area contributed by atoms with Crippen molar-refractivity contribution in [3.8, 4) is 0 Å². The molecule has 1 unspecified atom stereocenters. The van der Waals surface area contributed by atoms with Gasteiger partial charge in [0.2, 0.25) is 0 Å². The lowest BCUT2D eigenvalue weighted by Gasteiger charge is -2.18. The Kier molecular flexibility index (Phi) is 71.5. The lowest BCUT2D eigenvalue weighted by molar-refractivity contribution is -0.167. The SMILES string of the molecule is CCCCCCCCCCCCCCCCCCCCCCCCCC(=O)OCC(COC(=O)CCCCCCCCCCCCCCCCCCCCCCC)OC(=O)CCCCCCCCCCCCCCCCCCCCCCC. The number of carbonyl (C=O) groups excluding carboxylic acids is 3. The highest BCUT2D eigenvalue weighted by atomic mass is 16.6. The van der Waals surface area contributed by atoms with Crippen LogP contribution in [-0.2, 0) is 28.6 Å². The third kappa shape index (κ3) is 71.1. The highest BCUT2D eigenvalue weighted by Crippen LogP contribution is 2.20. The number of carbonyl (C=O) groups is 3. The molecule has 0 heterocycles. The second-order valence-corrected chi connectivity index (χ2v) is 26.6. The molecule has 0 N–H and O–H groups in total. The minimum atomic E-state index is -0.764. The van der Waals surface area contributed by atoms with Crippen LogP contribution >= 0.6 is 0 Å². The summed E-state index contributed by atoms with van der Waals surface area (Å²) in [5.74, 6) is -0.812. The van der Waals surface area contributed by atoms with Crippen LogP contribution in [0.4, 0.5) is 0 Å². The van der Waals surface area contributed by atoms with Gasteiger partial charge in [-0.1, -0.05) is 419 Å². The summed E-state index contributed by atoms with van der Waals surface area (Å²) in [6, 6.07) is 0. The monoisotopic (exact) mass is 1170 g/mol. The van der Waals surface area contributed by atoms with Crippen LogP contribution in [0.25, 0.3) is 0 Å². The largest absolute Gasteiger partial charge is 0.462 e. The van der Waals surface area contributed by atoms with E-state index in [1.807, 2.05) is 0 Å². The van der Waals surface area contributed by atoms with E-state index in [1.54, 1.807) is 0 Å². The second-order valence-electron chi connectivity index (χ2n) is 26.6. The molecule has 0 aliphatic heterocycles. The van der Waals surface area contributed by atoms with Crippen LogP contribution in [0.3, 0.4) is 0 Å². The second kappa shape index (κ2) is 72.9. The van der Waals surface area contributed by atoms with E-state index in [2.05, 4.69) is 20.8 Å². The van der Waals surface area contributed by atoms with Gasteiger partial charge in [0.05, 0.1) is 0 Å². The average molecular weight is 1170 g/mol. The fourth-order valence-corrected chi connectivity index (χ4v) is 12.3. The molecule has 0 aromatic heterocycles. The maximum Gasteiger partial charge on any atom is 0.306 e. The van der Waals surface area contributed by atoms with Crippen molar-refractivity contribution in [1.82, 2.24) is 0 Å². The van der Waals surface area contributed by atoms with Gasteiger partial charge in [0, 0.05) is 19.3 Å². The number of hydrogen-bond donors (Lipinski definition) is 0. The van der Waals surface area contributed by atoms with Crippen LogP contribution in [0.2, 0.25) is 0 Å². The van der Waals surface area contributed by atoms with Crippen LogP contribution in [-0.4, -0.2) is 37.2 Å². The molecule has 0 fully saturated rings. The molecule has 0 aliphatic carbocycles. The first-order valence-corrected chi connectivity index (χ1v) is 38.5. The highest BCUT2D eigenvalue weighted by molar-refractivity contribution is 5.71. The molecule has 0 bridgehead atoms. The van der Waals surface area contributed by atoms with E-state index in [-0.39, 0.29) is 31.1 Å². The molecule has 6 nitrogen and oxygen atoms in total. The zero-order valence-corrected chi connectivity index (χ0v) is 57.0. The predicted octanol–water partition coefficient (Wildman–Crippen LogP) is 26.6. The van der Waals surface area contributed by atoms with E-state index in [1.165, 1.54) is 360 Å². The lowest BCUT2D eigenvalue weighted by Crippen LogP contribution is -2.30. The molecule has 0 rings (SSSR count). The van der Waals surface area contributed by atoms with Gasteiger partial charge in [-0.2, -0.15) is 0 Å². The summed E-state index contributed by atoms with van der Waals surface area (Å²) in [6.07, 6.45) is 87.2. The zero-order chi connectivity index (χ0) is 59.9. The number of hydrogen-bond acceptors (Lipinski definition) is 6. The first-order valence-electron chi connectivity index (χ1n) is 38.5. The fourth-order valence-electron chi connectivity index (χ4n) is 12.3. The summed E-state index contributed by atoms with van der Waals surface area (Å²) < 4.78 is 17.1. The van der Waals surface area contributed by atoms with Crippen molar-refractivity contribution < 1.29 is 28.6 Å². The molecule has 0 radical (unpaired) electrons. The molecule has 494 valence electrons. The normalized spacial score (nSPS) is 11.9. The van der Waals surface area contributed by atoms with Gasteiger partial charge >= 0.3 is 17.9 Å². The van der Waals surface area contributed by atoms with Crippen LogP contribution in [0.15, 0.2) is 0 Å². The number of unbranched alkanes of at least 4 members (excludes halogenated alkanes) is 62. The minimum absolute atomic E-state index is 0.0596. The Morgan fingerprint density at radius 2 is 0.325 bits per heavy atom. The molecule has 0 aromatic rings. The zero-order valence-electron chi connectivity index (χ0n) is 57.0. The third-order valence-electron chi connectivity index (χ3n) is 18.1. The lowest BCUT2D eigenvalue weighted by atomic mass is 10.0. The van der Waals surface area contributed by atoms with Gasteiger partial charge in [0.15, 0.2) is 6.10 Å². The van der Waals surface area contributed by atoms with Crippen molar-refractivity contribution in [3.63, 3.8) is 0 Å². The van der Waals surface area contributed by atoms with Crippen molar-refractivity contribution in [2.45, 2.75) is 463 Å². The Morgan fingerprint density at radius 3 is 0.482 bits per heavy atom. The molecule has 0 amide bonds. The molecular weight excluding hydrogens is 1020 g/mol. The Bertz CT molecular complexity index is 1250. The van der Waals surface area contributed by atoms with E-state index < -0.39 is 6.10 Å². The standard InChI is InChI=1S/C77H150O6/c1-4-7-10-13-16-19-22-25-28-31-34-37-38-41-43-46-49-52-55-58-61-64-67-70-76(79)82-73-74(83-77(80)71-68-65-62-59-56-53-50-47-44-40-36-33-30-27-24-21-18-15-12-9-6-3)72-81-75(78)69-66-63-60-57-54-51-48-45-42-39-35-32-29-26-23-20-17-14-11-8-5-2/h74H,4-73H2,1-3H3. The Morgan fingerprint density at radius 1 is 0.193 bits per heavy atom. The first kappa shape index (κ1) is 81.4. The minimum Gasteiger partial charge on any atom is -0.462 e. The van der Waals surface area contributed by atoms with Crippen molar-refractivity contribution in [2.75, 3.05) is 13.2 Å².